The molecule has 0 spiro atoms. The molecule has 0 saturated heterocycles. The zero-order valence-corrected chi connectivity index (χ0v) is 12.3. The number of hydrogen-bond donors (Lipinski definition) is 0. The number of alkyl halides is 1. The predicted octanol–water partition coefficient (Wildman–Crippen LogP) is 4.84. The monoisotopic (exact) mass is 292 g/mol. The van der Waals surface area contributed by atoms with Crippen molar-refractivity contribution in [2.24, 2.45) is 11.8 Å². The van der Waals surface area contributed by atoms with Crippen LogP contribution in [0.3, 0.4) is 0 Å². The van der Waals surface area contributed by atoms with Gasteiger partial charge in [-0.25, -0.2) is 9.37 Å². The van der Waals surface area contributed by atoms with Gasteiger partial charge in [0.05, 0.1) is 10.9 Å². The molecule has 20 heavy (non-hydrogen) atoms. The lowest BCUT2D eigenvalue weighted by Gasteiger charge is -2.26. The van der Waals surface area contributed by atoms with Crippen molar-refractivity contribution in [1.29, 1.82) is 0 Å². The van der Waals surface area contributed by atoms with E-state index in [2.05, 4.69) is 9.55 Å². The van der Waals surface area contributed by atoms with Crippen LogP contribution >= 0.6 is 11.6 Å². The molecule has 0 amide bonds. The molecule has 2 saturated carbocycles. The van der Waals surface area contributed by atoms with Gasteiger partial charge in [0, 0.05) is 6.04 Å². The van der Waals surface area contributed by atoms with Crippen LogP contribution < -0.4 is 0 Å². The summed E-state index contributed by atoms with van der Waals surface area (Å²) >= 11 is 6.31. The van der Waals surface area contributed by atoms with E-state index in [0.29, 0.717) is 11.6 Å². The number of aromatic nitrogens is 2. The summed E-state index contributed by atoms with van der Waals surface area (Å²) in [5.74, 6) is 2.14. The number of fused-ring (bicyclic) bond motifs is 3. The molecule has 4 rings (SSSR count). The first-order valence-electron chi connectivity index (χ1n) is 7.45. The van der Waals surface area contributed by atoms with Crippen LogP contribution in [0, 0.1) is 17.7 Å². The molecule has 1 aromatic heterocycles. The van der Waals surface area contributed by atoms with Crippen LogP contribution in [-0.4, -0.2) is 9.55 Å². The van der Waals surface area contributed by atoms with E-state index in [-0.39, 0.29) is 11.2 Å². The summed E-state index contributed by atoms with van der Waals surface area (Å²) in [7, 11) is 0. The van der Waals surface area contributed by atoms with Gasteiger partial charge in [0.1, 0.15) is 11.3 Å². The Morgan fingerprint density at radius 3 is 2.85 bits per heavy atom. The lowest BCUT2D eigenvalue weighted by molar-refractivity contribution is 0.329. The number of rotatable bonds is 2. The summed E-state index contributed by atoms with van der Waals surface area (Å²) in [5.41, 5.74) is 1.38. The van der Waals surface area contributed by atoms with Gasteiger partial charge in [-0.2, -0.15) is 0 Å². The summed E-state index contributed by atoms with van der Waals surface area (Å²) in [4.78, 5) is 4.50. The highest BCUT2D eigenvalue weighted by Gasteiger charge is 2.42. The molecule has 2 fully saturated rings. The fourth-order valence-corrected chi connectivity index (χ4v) is 4.41. The van der Waals surface area contributed by atoms with Crippen molar-refractivity contribution in [2.45, 2.75) is 44.0 Å². The second-order valence-electron chi connectivity index (χ2n) is 6.31. The SMILES string of the molecule is CC(Cl)c1nc2c(F)cccc2n1C1CC2CCC1C2. The van der Waals surface area contributed by atoms with Crippen LogP contribution in [0.25, 0.3) is 11.0 Å². The number of imidazole rings is 1. The Hall–Kier alpha value is -1.09. The van der Waals surface area contributed by atoms with Crippen molar-refractivity contribution in [3.8, 4) is 0 Å². The van der Waals surface area contributed by atoms with Crippen molar-refractivity contribution in [3.63, 3.8) is 0 Å². The van der Waals surface area contributed by atoms with E-state index in [4.69, 9.17) is 11.6 Å². The molecule has 1 aromatic carbocycles. The first-order valence-corrected chi connectivity index (χ1v) is 7.89. The van der Waals surface area contributed by atoms with Crippen LogP contribution in [0.1, 0.15) is 49.9 Å². The smallest absolute Gasteiger partial charge is 0.151 e. The van der Waals surface area contributed by atoms with Crippen LogP contribution in [0.15, 0.2) is 18.2 Å². The highest BCUT2D eigenvalue weighted by Crippen LogP contribution is 2.52. The van der Waals surface area contributed by atoms with Gasteiger partial charge in [-0.3, -0.25) is 0 Å². The fraction of sp³-hybridized carbons (Fsp3) is 0.562. The zero-order chi connectivity index (χ0) is 13.9. The summed E-state index contributed by atoms with van der Waals surface area (Å²) in [6.45, 7) is 1.92. The van der Waals surface area contributed by atoms with Crippen LogP contribution in [-0.2, 0) is 0 Å². The fourth-order valence-electron chi connectivity index (χ4n) is 4.26. The molecular formula is C16H18ClFN2. The Balaban J connectivity index is 1.92. The third-order valence-electron chi connectivity index (χ3n) is 5.09. The van der Waals surface area contributed by atoms with E-state index in [9.17, 15) is 4.39 Å². The number of hydrogen-bond acceptors (Lipinski definition) is 1. The van der Waals surface area contributed by atoms with Crippen LogP contribution in [0.5, 0.6) is 0 Å². The first-order chi connectivity index (χ1) is 9.65. The average Bonchev–Trinajstić information content (AvgIpc) is 3.11. The quantitative estimate of drug-likeness (QED) is 0.725. The van der Waals surface area contributed by atoms with E-state index in [1.165, 1.54) is 31.7 Å². The van der Waals surface area contributed by atoms with Gasteiger partial charge in [-0.05, 0) is 50.2 Å². The van der Waals surface area contributed by atoms with Gasteiger partial charge in [-0.1, -0.05) is 12.5 Å². The minimum atomic E-state index is -0.247. The van der Waals surface area contributed by atoms with E-state index in [0.717, 1.165) is 23.2 Å². The van der Waals surface area contributed by atoms with E-state index in [1.54, 1.807) is 6.07 Å². The van der Waals surface area contributed by atoms with Crippen molar-refractivity contribution in [3.05, 3.63) is 29.8 Å². The predicted molar refractivity (Wildman–Crippen MR) is 78.4 cm³/mol. The molecule has 0 radical (unpaired) electrons. The maximum Gasteiger partial charge on any atom is 0.151 e. The van der Waals surface area contributed by atoms with Gasteiger partial charge in [0.25, 0.3) is 0 Å². The number of halogens is 2. The van der Waals surface area contributed by atoms with Gasteiger partial charge in [-0.15, -0.1) is 11.6 Å². The van der Waals surface area contributed by atoms with Gasteiger partial charge in [0.2, 0.25) is 0 Å². The summed E-state index contributed by atoms with van der Waals surface area (Å²) < 4.78 is 16.2. The Kier molecular flexibility index (Phi) is 2.81. The molecular weight excluding hydrogens is 275 g/mol. The molecule has 2 nitrogen and oxygen atoms in total. The number of benzene rings is 1. The molecule has 4 heteroatoms. The lowest BCUT2D eigenvalue weighted by atomic mass is 9.95. The second kappa shape index (κ2) is 4.45. The summed E-state index contributed by atoms with van der Waals surface area (Å²) in [5, 5.41) is -0.194. The summed E-state index contributed by atoms with van der Waals surface area (Å²) in [6, 6.07) is 5.67. The Morgan fingerprint density at radius 1 is 1.35 bits per heavy atom. The van der Waals surface area contributed by atoms with E-state index < -0.39 is 0 Å². The highest BCUT2D eigenvalue weighted by atomic mass is 35.5. The van der Waals surface area contributed by atoms with Crippen LogP contribution in [0.2, 0.25) is 0 Å². The molecule has 2 bridgehead atoms. The van der Waals surface area contributed by atoms with Crippen molar-refractivity contribution < 1.29 is 4.39 Å². The molecule has 1 heterocycles. The maximum absolute atomic E-state index is 14.0. The van der Waals surface area contributed by atoms with Crippen molar-refractivity contribution >= 4 is 22.6 Å². The molecule has 4 unspecified atom stereocenters. The van der Waals surface area contributed by atoms with Crippen LogP contribution in [0.4, 0.5) is 4.39 Å². The second-order valence-corrected chi connectivity index (χ2v) is 6.96. The third kappa shape index (κ3) is 1.72. The van der Waals surface area contributed by atoms with Gasteiger partial charge < -0.3 is 4.57 Å². The van der Waals surface area contributed by atoms with Crippen molar-refractivity contribution in [2.75, 3.05) is 0 Å². The molecule has 2 aliphatic carbocycles. The zero-order valence-electron chi connectivity index (χ0n) is 11.5. The molecule has 0 aliphatic heterocycles. The average molecular weight is 293 g/mol. The molecule has 106 valence electrons. The molecule has 2 aromatic rings. The lowest BCUT2D eigenvalue weighted by Crippen LogP contribution is -2.18. The van der Waals surface area contributed by atoms with E-state index in [1.807, 2.05) is 13.0 Å². The Bertz CT molecular complexity index is 664. The van der Waals surface area contributed by atoms with Gasteiger partial charge in [0.15, 0.2) is 5.82 Å². The Labute approximate surface area is 122 Å². The van der Waals surface area contributed by atoms with E-state index >= 15 is 0 Å². The maximum atomic E-state index is 14.0. The topological polar surface area (TPSA) is 17.8 Å². The molecule has 2 aliphatic rings. The van der Waals surface area contributed by atoms with Crippen molar-refractivity contribution in [1.82, 2.24) is 9.55 Å². The molecule has 0 N–H and O–H groups in total. The normalized spacial score (nSPS) is 30.2. The minimum Gasteiger partial charge on any atom is -0.323 e. The molecule has 4 atom stereocenters. The number of para-hydroxylation sites is 1. The number of nitrogens with zero attached hydrogens (tertiary/aromatic N) is 2. The largest absolute Gasteiger partial charge is 0.323 e. The highest BCUT2D eigenvalue weighted by molar-refractivity contribution is 6.20. The third-order valence-corrected chi connectivity index (χ3v) is 5.28. The Morgan fingerprint density at radius 2 is 2.20 bits per heavy atom. The standard InChI is InChI=1S/C16H18ClFN2/c1-9(17)16-19-15-12(18)3-2-4-13(15)20(16)14-8-10-5-6-11(14)7-10/h2-4,9-11,14H,5-8H2,1H3. The summed E-state index contributed by atoms with van der Waals surface area (Å²) in [6.07, 6.45) is 5.16. The minimum absolute atomic E-state index is 0.194. The first kappa shape index (κ1) is 12.6. The van der Waals surface area contributed by atoms with Gasteiger partial charge >= 0.3 is 0 Å².